The third kappa shape index (κ3) is 4.55. The standard InChI is InChI=1S/C19H32N2/c1-13-10-16(19(3,4)5)11-14(2)18(13)12-17(21-20)9-8-15-6-7-15/h10-11,15,17,21H,6-9,12,20H2,1-5H3. The minimum absolute atomic E-state index is 0.214. The summed E-state index contributed by atoms with van der Waals surface area (Å²) < 4.78 is 0. The van der Waals surface area contributed by atoms with Crippen molar-refractivity contribution in [1.82, 2.24) is 5.43 Å². The number of nitrogens with two attached hydrogens (primary N) is 1. The number of hydrazine groups is 1. The van der Waals surface area contributed by atoms with Crippen LogP contribution in [-0.2, 0) is 11.8 Å². The zero-order chi connectivity index (χ0) is 15.6. The van der Waals surface area contributed by atoms with Gasteiger partial charge in [0.15, 0.2) is 0 Å². The van der Waals surface area contributed by atoms with Crippen LogP contribution in [0.25, 0.3) is 0 Å². The first-order valence-corrected chi connectivity index (χ1v) is 8.38. The summed E-state index contributed by atoms with van der Waals surface area (Å²) in [6, 6.07) is 5.12. The Morgan fingerprint density at radius 2 is 1.76 bits per heavy atom. The summed E-state index contributed by atoms with van der Waals surface area (Å²) in [6.45, 7) is 11.3. The molecule has 0 radical (unpaired) electrons. The molecule has 1 aliphatic rings. The second-order valence-corrected chi connectivity index (χ2v) is 7.93. The number of hydrogen-bond acceptors (Lipinski definition) is 2. The molecule has 3 N–H and O–H groups in total. The Labute approximate surface area is 130 Å². The average molecular weight is 288 g/mol. The second-order valence-electron chi connectivity index (χ2n) is 7.93. The smallest absolute Gasteiger partial charge is 0.0251 e. The molecule has 0 heterocycles. The summed E-state index contributed by atoms with van der Waals surface area (Å²) in [5.41, 5.74) is 8.97. The van der Waals surface area contributed by atoms with E-state index in [9.17, 15) is 0 Å². The van der Waals surface area contributed by atoms with E-state index in [4.69, 9.17) is 5.84 Å². The average Bonchev–Trinajstić information content (AvgIpc) is 3.20. The molecule has 0 aromatic heterocycles. The highest BCUT2D eigenvalue weighted by Crippen LogP contribution is 2.34. The Hall–Kier alpha value is -0.860. The summed E-state index contributed by atoms with van der Waals surface area (Å²) in [4.78, 5) is 0. The van der Waals surface area contributed by atoms with Crippen molar-refractivity contribution in [2.75, 3.05) is 0 Å². The molecular formula is C19H32N2. The van der Waals surface area contributed by atoms with Gasteiger partial charge in [-0.15, -0.1) is 0 Å². The molecule has 1 aliphatic carbocycles. The van der Waals surface area contributed by atoms with Gasteiger partial charge in [-0.25, -0.2) is 0 Å². The van der Waals surface area contributed by atoms with Crippen LogP contribution in [0, 0.1) is 19.8 Å². The van der Waals surface area contributed by atoms with E-state index in [1.165, 1.54) is 47.9 Å². The molecule has 1 unspecified atom stereocenters. The van der Waals surface area contributed by atoms with Gasteiger partial charge in [-0.05, 0) is 66.7 Å². The van der Waals surface area contributed by atoms with Gasteiger partial charge in [-0.3, -0.25) is 11.3 Å². The van der Waals surface area contributed by atoms with E-state index in [-0.39, 0.29) is 5.41 Å². The fourth-order valence-corrected chi connectivity index (χ4v) is 3.08. The zero-order valence-corrected chi connectivity index (χ0v) is 14.4. The SMILES string of the molecule is Cc1cc(C(C)(C)C)cc(C)c1CC(CCC1CC1)NN. The van der Waals surface area contributed by atoms with Gasteiger partial charge >= 0.3 is 0 Å². The molecule has 1 saturated carbocycles. The van der Waals surface area contributed by atoms with Crippen LogP contribution < -0.4 is 11.3 Å². The lowest BCUT2D eigenvalue weighted by Crippen LogP contribution is -2.37. The van der Waals surface area contributed by atoms with Gasteiger partial charge in [0.1, 0.15) is 0 Å². The molecular weight excluding hydrogens is 256 g/mol. The third-order valence-electron chi connectivity index (χ3n) is 4.87. The first-order chi connectivity index (χ1) is 9.81. The summed E-state index contributed by atoms with van der Waals surface area (Å²) in [5, 5.41) is 0. The van der Waals surface area contributed by atoms with Gasteiger partial charge in [-0.1, -0.05) is 45.7 Å². The van der Waals surface area contributed by atoms with Crippen LogP contribution in [0.1, 0.15) is 68.7 Å². The van der Waals surface area contributed by atoms with E-state index in [1.807, 2.05) is 0 Å². The van der Waals surface area contributed by atoms with Crippen molar-refractivity contribution in [3.63, 3.8) is 0 Å². The molecule has 21 heavy (non-hydrogen) atoms. The van der Waals surface area contributed by atoms with E-state index in [2.05, 4.69) is 52.2 Å². The summed E-state index contributed by atoms with van der Waals surface area (Å²) in [7, 11) is 0. The first-order valence-electron chi connectivity index (χ1n) is 8.38. The van der Waals surface area contributed by atoms with Gasteiger partial charge in [0.25, 0.3) is 0 Å². The van der Waals surface area contributed by atoms with Crippen LogP contribution in [0.4, 0.5) is 0 Å². The molecule has 0 saturated heterocycles. The van der Waals surface area contributed by atoms with Crippen LogP contribution in [0.15, 0.2) is 12.1 Å². The normalized spacial score (nSPS) is 17.0. The minimum atomic E-state index is 0.214. The lowest BCUT2D eigenvalue weighted by Gasteiger charge is -2.24. The third-order valence-corrected chi connectivity index (χ3v) is 4.87. The fourth-order valence-electron chi connectivity index (χ4n) is 3.08. The lowest BCUT2D eigenvalue weighted by atomic mass is 9.82. The maximum Gasteiger partial charge on any atom is 0.0251 e. The minimum Gasteiger partial charge on any atom is -0.271 e. The zero-order valence-electron chi connectivity index (χ0n) is 14.4. The van der Waals surface area contributed by atoms with Crippen molar-refractivity contribution in [2.45, 2.75) is 78.2 Å². The highest BCUT2D eigenvalue weighted by atomic mass is 15.2. The summed E-state index contributed by atoms with van der Waals surface area (Å²) >= 11 is 0. The predicted molar refractivity (Wildman–Crippen MR) is 91.4 cm³/mol. The molecule has 0 amide bonds. The monoisotopic (exact) mass is 288 g/mol. The predicted octanol–water partition coefficient (Wildman–Crippen LogP) is 4.17. The number of aryl methyl sites for hydroxylation is 2. The van der Waals surface area contributed by atoms with Crippen molar-refractivity contribution >= 4 is 0 Å². The van der Waals surface area contributed by atoms with Crippen LogP contribution in [0.3, 0.4) is 0 Å². The molecule has 0 aliphatic heterocycles. The number of rotatable bonds is 6. The first kappa shape index (κ1) is 16.5. The van der Waals surface area contributed by atoms with E-state index in [0.29, 0.717) is 6.04 Å². The molecule has 118 valence electrons. The van der Waals surface area contributed by atoms with E-state index >= 15 is 0 Å². The van der Waals surface area contributed by atoms with Crippen LogP contribution in [0.2, 0.25) is 0 Å². The van der Waals surface area contributed by atoms with Crippen molar-refractivity contribution in [3.8, 4) is 0 Å². The van der Waals surface area contributed by atoms with Crippen LogP contribution in [0.5, 0.6) is 0 Å². The van der Waals surface area contributed by atoms with Gasteiger partial charge in [0.2, 0.25) is 0 Å². The van der Waals surface area contributed by atoms with Gasteiger partial charge < -0.3 is 0 Å². The van der Waals surface area contributed by atoms with Crippen molar-refractivity contribution in [3.05, 3.63) is 34.4 Å². The Bertz CT molecular complexity index is 458. The maximum atomic E-state index is 5.78. The van der Waals surface area contributed by atoms with Crippen molar-refractivity contribution in [1.29, 1.82) is 0 Å². The lowest BCUT2D eigenvalue weighted by molar-refractivity contribution is 0.461. The Morgan fingerprint density at radius 3 is 2.19 bits per heavy atom. The molecule has 1 atom stereocenters. The summed E-state index contributed by atoms with van der Waals surface area (Å²) in [5.74, 6) is 6.75. The van der Waals surface area contributed by atoms with Crippen LogP contribution in [-0.4, -0.2) is 6.04 Å². The van der Waals surface area contributed by atoms with Gasteiger partial charge in [-0.2, -0.15) is 0 Å². The topological polar surface area (TPSA) is 38.0 Å². The molecule has 2 rings (SSSR count). The molecule has 0 spiro atoms. The van der Waals surface area contributed by atoms with E-state index in [0.717, 1.165) is 12.3 Å². The second kappa shape index (κ2) is 6.50. The van der Waals surface area contributed by atoms with E-state index in [1.54, 1.807) is 0 Å². The number of hydrogen-bond donors (Lipinski definition) is 2. The van der Waals surface area contributed by atoms with Crippen LogP contribution >= 0.6 is 0 Å². The van der Waals surface area contributed by atoms with Gasteiger partial charge in [0, 0.05) is 6.04 Å². The molecule has 2 heteroatoms. The Balaban J connectivity index is 2.10. The quantitative estimate of drug-likeness (QED) is 0.609. The Morgan fingerprint density at radius 1 is 1.19 bits per heavy atom. The molecule has 0 bridgehead atoms. The van der Waals surface area contributed by atoms with Crippen molar-refractivity contribution in [2.24, 2.45) is 11.8 Å². The van der Waals surface area contributed by atoms with Gasteiger partial charge in [0.05, 0.1) is 0 Å². The molecule has 1 aromatic carbocycles. The molecule has 2 nitrogen and oxygen atoms in total. The van der Waals surface area contributed by atoms with E-state index < -0.39 is 0 Å². The fraction of sp³-hybridized carbons (Fsp3) is 0.684. The summed E-state index contributed by atoms with van der Waals surface area (Å²) in [6.07, 6.45) is 6.42. The highest BCUT2D eigenvalue weighted by molar-refractivity contribution is 5.40. The number of nitrogens with one attached hydrogen (secondary N) is 1. The highest BCUT2D eigenvalue weighted by Gasteiger charge is 2.23. The molecule has 1 fully saturated rings. The van der Waals surface area contributed by atoms with Crippen molar-refractivity contribution < 1.29 is 0 Å². The largest absolute Gasteiger partial charge is 0.271 e. The number of benzene rings is 1. The molecule has 1 aromatic rings. The Kier molecular flexibility index (Phi) is 5.11. The maximum absolute atomic E-state index is 5.78.